The highest BCUT2D eigenvalue weighted by molar-refractivity contribution is 6.30. The highest BCUT2D eigenvalue weighted by atomic mass is 35.5. The fraction of sp³-hybridized carbons (Fsp3) is 0.500. The maximum atomic E-state index is 13.6. The van der Waals surface area contributed by atoms with Gasteiger partial charge in [0.05, 0.1) is 13.2 Å². The molecular formula is C48H59ClFN3O4. The van der Waals surface area contributed by atoms with Crippen LogP contribution < -0.4 is 14.8 Å². The molecule has 3 aromatic carbocycles. The van der Waals surface area contributed by atoms with Crippen molar-refractivity contribution >= 4 is 23.3 Å². The number of anilines is 1. The second kappa shape index (κ2) is 18.2. The van der Waals surface area contributed by atoms with E-state index in [0.29, 0.717) is 48.8 Å². The molecule has 1 fully saturated rings. The minimum Gasteiger partial charge on any atom is -0.494 e. The van der Waals surface area contributed by atoms with E-state index in [2.05, 4.69) is 54.3 Å². The molecule has 1 saturated carbocycles. The van der Waals surface area contributed by atoms with Crippen molar-refractivity contribution < 1.29 is 23.8 Å². The largest absolute Gasteiger partial charge is 0.494 e. The molecule has 3 aliphatic carbocycles. The van der Waals surface area contributed by atoms with Gasteiger partial charge in [-0.25, -0.2) is 9.18 Å². The van der Waals surface area contributed by atoms with Gasteiger partial charge >= 0.3 is 5.97 Å². The Morgan fingerprint density at radius 2 is 1.86 bits per heavy atom. The van der Waals surface area contributed by atoms with Crippen molar-refractivity contribution in [3.63, 3.8) is 0 Å². The summed E-state index contributed by atoms with van der Waals surface area (Å²) in [6.07, 6.45) is 12.5. The van der Waals surface area contributed by atoms with E-state index >= 15 is 0 Å². The molecule has 7 rings (SSSR count). The summed E-state index contributed by atoms with van der Waals surface area (Å²) in [6.45, 7) is 7.68. The smallest absolute Gasteiger partial charge is 0.329 e. The quantitative estimate of drug-likeness (QED) is 0.103. The average Bonchev–Trinajstić information content (AvgIpc) is 3.48. The third-order valence-electron chi connectivity index (χ3n) is 13.1. The average molecular weight is 796 g/mol. The van der Waals surface area contributed by atoms with E-state index in [1.807, 2.05) is 30.5 Å². The van der Waals surface area contributed by atoms with Crippen LogP contribution in [-0.2, 0) is 29.5 Å². The Bertz CT molecular complexity index is 2000. The first kappa shape index (κ1) is 41.0. The monoisotopic (exact) mass is 795 g/mol. The minimum atomic E-state index is -1.08. The predicted molar refractivity (Wildman–Crippen MR) is 226 cm³/mol. The molecule has 3 aliphatic rings. The lowest BCUT2D eigenvalue weighted by atomic mass is 9.59. The molecule has 57 heavy (non-hydrogen) atoms. The molecule has 1 heterocycles. The summed E-state index contributed by atoms with van der Waals surface area (Å²) >= 11 is 6.31. The van der Waals surface area contributed by atoms with Gasteiger partial charge in [0.15, 0.2) is 0 Å². The number of benzene rings is 3. The first-order valence-corrected chi connectivity index (χ1v) is 21.5. The Kier molecular flexibility index (Phi) is 13.1. The minimum absolute atomic E-state index is 0.160. The number of ether oxygens (including phenoxy) is 2. The number of aromatic nitrogens is 1. The second-order valence-electron chi connectivity index (χ2n) is 17.3. The Hall–Kier alpha value is -4.14. The van der Waals surface area contributed by atoms with Gasteiger partial charge in [-0.15, -0.1) is 0 Å². The molecular weight excluding hydrogens is 737 g/mol. The third-order valence-corrected chi connectivity index (χ3v) is 13.4. The van der Waals surface area contributed by atoms with Crippen LogP contribution in [0.1, 0.15) is 106 Å². The molecule has 4 aromatic rings. The summed E-state index contributed by atoms with van der Waals surface area (Å²) in [4.78, 5) is 20.0. The van der Waals surface area contributed by atoms with Crippen LogP contribution in [0.15, 0.2) is 79.0 Å². The van der Waals surface area contributed by atoms with E-state index in [0.717, 1.165) is 87.2 Å². The van der Waals surface area contributed by atoms with Gasteiger partial charge in [0.1, 0.15) is 22.9 Å². The van der Waals surface area contributed by atoms with Crippen molar-refractivity contribution in [2.75, 3.05) is 38.7 Å². The molecule has 0 amide bonds. The highest BCUT2D eigenvalue weighted by Gasteiger charge is 2.54. The van der Waals surface area contributed by atoms with Gasteiger partial charge in [0.2, 0.25) is 0 Å². The fourth-order valence-corrected chi connectivity index (χ4v) is 10.2. The number of nitrogens with one attached hydrogen (secondary N) is 1. The third kappa shape index (κ3) is 9.60. The van der Waals surface area contributed by atoms with Crippen molar-refractivity contribution in [3.05, 3.63) is 118 Å². The molecule has 9 heteroatoms. The zero-order valence-corrected chi connectivity index (χ0v) is 34.6. The summed E-state index contributed by atoms with van der Waals surface area (Å²) in [6, 6.07) is 22.9. The zero-order chi connectivity index (χ0) is 40.0. The molecule has 7 nitrogen and oxygen atoms in total. The Balaban J connectivity index is 1.02. The number of halogens is 2. The van der Waals surface area contributed by atoms with Crippen molar-refractivity contribution in [1.29, 1.82) is 0 Å². The van der Waals surface area contributed by atoms with E-state index in [1.165, 1.54) is 41.3 Å². The van der Waals surface area contributed by atoms with Gasteiger partial charge in [-0.3, -0.25) is 4.98 Å². The number of carboxylic acids is 1. The number of pyridine rings is 1. The summed E-state index contributed by atoms with van der Waals surface area (Å²) in [5, 5.41) is 14.7. The molecule has 0 radical (unpaired) electrons. The van der Waals surface area contributed by atoms with Crippen LogP contribution in [0.3, 0.4) is 0 Å². The maximum absolute atomic E-state index is 13.6. The van der Waals surface area contributed by atoms with Crippen molar-refractivity contribution in [1.82, 2.24) is 9.88 Å². The first-order valence-electron chi connectivity index (χ1n) is 21.1. The molecule has 304 valence electrons. The SMILES string of the molecule is C[C@@H](COc1ccnc2c1[C@H](C)CCC2)C[C@H]1Cc2ccc(OCCCCN(C)CCc3cccc(F)c3)cc2C12CCC(Nc1cccc(Cl)c1)(C(=O)O)CC2. The number of unbranched alkanes of at least 4 members (excludes halogenated alkanes) is 1. The zero-order valence-electron chi connectivity index (χ0n) is 33.9. The number of aryl methyl sites for hydroxylation is 1. The Morgan fingerprint density at radius 1 is 1.04 bits per heavy atom. The lowest BCUT2D eigenvalue weighted by Crippen LogP contribution is -2.53. The topological polar surface area (TPSA) is 83.9 Å². The number of hydrogen-bond donors (Lipinski definition) is 2. The number of rotatable bonds is 17. The van der Waals surface area contributed by atoms with E-state index in [1.54, 1.807) is 24.3 Å². The van der Waals surface area contributed by atoms with E-state index in [9.17, 15) is 14.3 Å². The normalized spacial score (nSPS) is 23.2. The standard InChI is InChI=1S/C48H59ClFN3O4/c1-33(32-57-44-17-23-51-43-14-6-9-34(2)45(43)44)27-37-29-36-15-16-41(56-26-5-4-24-53(3)25-18-35-10-7-12-39(50)28-35)31-42(36)47(37)19-21-48(22-20-47,46(54)55)52-40-13-8-11-38(49)30-40/h7-8,10-13,15-17,23,28,30-31,33-34,37,52H,4-6,9,14,18-22,24-27,29,32H2,1-3H3,(H,54,55)/t33-,34-,37+,47?,48?/m1/s1. The van der Waals surface area contributed by atoms with Gasteiger partial charge in [-0.05, 0) is 179 Å². The number of carboxylic acid groups (broad SMARTS) is 1. The van der Waals surface area contributed by atoms with Crippen LogP contribution in [0.2, 0.25) is 5.02 Å². The van der Waals surface area contributed by atoms with E-state index < -0.39 is 11.5 Å². The second-order valence-corrected chi connectivity index (χ2v) is 17.7. The van der Waals surface area contributed by atoms with E-state index in [4.69, 9.17) is 21.1 Å². The Morgan fingerprint density at radius 3 is 2.65 bits per heavy atom. The van der Waals surface area contributed by atoms with Crippen LogP contribution in [0.4, 0.5) is 10.1 Å². The number of nitrogens with zero attached hydrogens (tertiary/aromatic N) is 2. The summed E-state index contributed by atoms with van der Waals surface area (Å²) < 4.78 is 26.6. The predicted octanol–water partition coefficient (Wildman–Crippen LogP) is 10.7. The summed E-state index contributed by atoms with van der Waals surface area (Å²) in [5.74, 6) is 1.98. The molecule has 0 saturated heterocycles. The van der Waals surface area contributed by atoms with E-state index in [-0.39, 0.29) is 11.2 Å². The lowest BCUT2D eigenvalue weighted by molar-refractivity contribution is -0.144. The first-order chi connectivity index (χ1) is 27.5. The number of aliphatic carboxylic acids is 1. The van der Waals surface area contributed by atoms with Gasteiger partial charge in [-0.1, -0.05) is 49.7 Å². The van der Waals surface area contributed by atoms with Crippen LogP contribution in [0, 0.1) is 17.7 Å². The van der Waals surface area contributed by atoms with Crippen LogP contribution in [0.5, 0.6) is 11.5 Å². The molecule has 3 atom stereocenters. The van der Waals surface area contributed by atoms with Gasteiger partial charge < -0.3 is 24.8 Å². The summed E-state index contributed by atoms with van der Waals surface area (Å²) in [5.41, 5.74) is 5.66. The van der Waals surface area contributed by atoms with Crippen molar-refractivity contribution in [2.24, 2.45) is 11.8 Å². The van der Waals surface area contributed by atoms with Crippen LogP contribution in [-0.4, -0.2) is 59.8 Å². The molecule has 0 bridgehead atoms. The fourth-order valence-electron chi connectivity index (χ4n) is 9.96. The number of fused-ring (bicyclic) bond motifs is 3. The molecule has 1 aromatic heterocycles. The van der Waals surface area contributed by atoms with Crippen molar-refractivity contribution in [3.8, 4) is 11.5 Å². The van der Waals surface area contributed by atoms with Gasteiger partial charge in [0.25, 0.3) is 0 Å². The molecule has 0 aliphatic heterocycles. The van der Waals surface area contributed by atoms with Gasteiger partial charge in [-0.2, -0.15) is 0 Å². The summed E-state index contributed by atoms with van der Waals surface area (Å²) in [7, 11) is 2.11. The number of hydrogen-bond acceptors (Lipinski definition) is 6. The molecule has 0 unspecified atom stereocenters. The maximum Gasteiger partial charge on any atom is 0.329 e. The molecule has 2 N–H and O–H groups in total. The lowest BCUT2D eigenvalue weighted by Gasteiger charge is -2.47. The molecule has 1 spiro atoms. The number of carbonyl (C=O) groups is 1. The van der Waals surface area contributed by atoms with Crippen LogP contribution in [0.25, 0.3) is 0 Å². The Labute approximate surface area is 343 Å². The van der Waals surface area contributed by atoms with Gasteiger partial charge in [0, 0.05) is 34.7 Å². The van der Waals surface area contributed by atoms with Crippen molar-refractivity contribution in [2.45, 2.75) is 108 Å². The highest BCUT2D eigenvalue weighted by Crippen LogP contribution is 2.57. The number of likely N-dealkylation sites (N-methyl/N-ethyl adjacent to an activating group) is 1. The van der Waals surface area contributed by atoms with Crippen LogP contribution >= 0.6 is 11.6 Å².